The summed E-state index contributed by atoms with van der Waals surface area (Å²) in [5.74, 6) is 1.23. The highest BCUT2D eigenvalue weighted by atomic mass is 16.5. The Kier molecular flexibility index (Phi) is 4.16. The van der Waals surface area contributed by atoms with Crippen molar-refractivity contribution in [2.75, 3.05) is 27.4 Å². The number of methoxy groups -OCH3 is 2. The predicted molar refractivity (Wildman–Crippen MR) is 70.4 cm³/mol. The van der Waals surface area contributed by atoms with Gasteiger partial charge in [0.25, 0.3) is 0 Å². The van der Waals surface area contributed by atoms with Gasteiger partial charge in [0.15, 0.2) is 11.5 Å². The molecule has 0 spiro atoms. The molecule has 1 aromatic carbocycles. The maximum atomic E-state index is 8.86. The van der Waals surface area contributed by atoms with Gasteiger partial charge in [-0.1, -0.05) is 0 Å². The van der Waals surface area contributed by atoms with Gasteiger partial charge in [-0.3, -0.25) is 4.98 Å². The van der Waals surface area contributed by atoms with E-state index in [0.717, 1.165) is 10.9 Å². The van der Waals surface area contributed by atoms with Gasteiger partial charge in [0, 0.05) is 24.8 Å². The standard InChI is InChI=1S/C14H14N2O3/c1-17-3-4-19-14-7-12-11(6-13(14)18-2)5-10(8-15)9-16-12/h5-7,9H,3-4H2,1-2H3. The Balaban J connectivity index is 2.39. The van der Waals surface area contributed by atoms with Gasteiger partial charge in [-0.15, -0.1) is 0 Å². The van der Waals surface area contributed by atoms with Crippen LogP contribution >= 0.6 is 0 Å². The van der Waals surface area contributed by atoms with Gasteiger partial charge in [0.1, 0.15) is 12.7 Å². The van der Waals surface area contributed by atoms with Gasteiger partial charge in [0.05, 0.1) is 24.8 Å². The average molecular weight is 258 g/mol. The number of benzene rings is 1. The molecule has 5 nitrogen and oxygen atoms in total. The molecule has 0 saturated carbocycles. The maximum absolute atomic E-state index is 8.86. The van der Waals surface area contributed by atoms with Crippen LogP contribution in [0.4, 0.5) is 0 Å². The minimum atomic E-state index is 0.439. The highest BCUT2D eigenvalue weighted by Crippen LogP contribution is 2.31. The molecule has 1 heterocycles. The van der Waals surface area contributed by atoms with E-state index in [0.29, 0.717) is 30.3 Å². The fourth-order valence-electron chi connectivity index (χ4n) is 1.70. The lowest BCUT2D eigenvalue weighted by Gasteiger charge is -2.11. The van der Waals surface area contributed by atoms with Crippen LogP contribution in [0.1, 0.15) is 5.56 Å². The quantitative estimate of drug-likeness (QED) is 0.769. The van der Waals surface area contributed by atoms with Gasteiger partial charge in [-0.05, 0) is 12.1 Å². The predicted octanol–water partition coefficient (Wildman–Crippen LogP) is 2.14. The molecule has 2 aromatic rings. The van der Waals surface area contributed by atoms with Crippen molar-refractivity contribution >= 4 is 10.9 Å². The van der Waals surface area contributed by atoms with Gasteiger partial charge < -0.3 is 14.2 Å². The first-order valence-electron chi connectivity index (χ1n) is 5.78. The van der Waals surface area contributed by atoms with Crippen molar-refractivity contribution in [2.45, 2.75) is 0 Å². The molecule has 0 amide bonds. The Hall–Kier alpha value is -2.32. The Bertz CT molecular complexity index is 620. The molecule has 5 heteroatoms. The van der Waals surface area contributed by atoms with Crippen LogP contribution < -0.4 is 9.47 Å². The van der Waals surface area contributed by atoms with Crippen LogP contribution in [0, 0.1) is 11.3 Å². The lowest BCUT2D eigenvalue weighted by atomic mass is 10.1. The van der Waals surface area contributed by atoms with E-state index in [2.05, 4.69) is 11.1 Å². The van der Waals surface area contributed by atoms with Gasteiger partial charge in [-0.2, -0.15) is 5.26 Å². The summed E-state index contributed by atoms with van der Waals surface area (Å²) in [6.07, 6.45) is 1.54. The Morgan fingerprint density at radius 2 is 2.00 bits per heavy atom. The molecule has 0 aliphatic rings. The van der Waals surface area contributed by atoms with Crippen molar-refractivity contribution in [1.82, 2.24) is 4.98 Å². The van der Waals surface area contributed by atoms with E-state index in [1.807, 2.05) is 6.07 Å². The van der Waals surface area contributed by atoms with Gasteiger partial charge in [0.2, 0.25) is 0 Å². The molecule has 19 heavy (non-hydrogen) atoms. The summed E-state index contributed by atoms with van der Waals surface area (Å²) in [4.78, 5) is 4.23. The highest BCUT2D eigenvalue weighted by Gasteiger charge is 2.08. The second-order valence-corrected chi connectivity index (χ2v) is 3.87. The van der Waals surface area contributed by atoms with Crippen molar-refractivity contribution in [1.29, 1.82) is 5.26 Å². The topological polar surface area (TPSA) is 64.4 Å². The largest absolute Gasteiger partial charge is 0.493 e. The minimum Gasteiger partial charge on any atom is -0.493 e. The second kappa shape index (κ2) is 6.03. The Morgan fingerprint density at radius 1 is 1.16 bits per heavy atom. The van der Waals surface area contributed by atoms with Crippen molar-refractivity contribution in [3.63, 3.8) is 0 Å². The molecule has 0 bridgehead atoms. The summed E-state index contributed by atoms with van der Waals surface area (Å²) in [7, 11) is 3.19. The number of ether oxygens (including phenoxy) is 3. The molecule has 2 rings (SSSR count). The lowest BCUT2D eigenvalue weighted by Crippen LogP contribution is -2.05. The molecular weight excluding hydrogens is 244 g/mol. The summed E-state index contributed by atoms with van der Waals surface area (Å²) in [6.45, 7) is 0.941. The molecule has 0 aliphatic carbocycles. The molecule has 0 atom stereocenters. The number of nitrogens with zero attached hydrogens (tertiary/aromatic N) is 2. The van der Waals surface area contributed by atoms with E-state index < -0.39 is 0 Å². The molecule has 0 fully saturated rings. The highest BCUT2D eigenvalue weighted by molar-refractivity contribution is 5.83. The number of hydrogen-bond acceptors (Lipinski definition) is 5. The first-order valence-corrected chi connectivity index (χ1v) is 5.78. The Morgan fingerprint density at radius 3 is 2.68 bits per heavy atom. The van der Waals surface area contributed by atoms with Gasteiger partial charge >= 0.3 is 0 Å². The van der Waals surface area contributed by atoms with Crippen LogP contribution in [-0.2, 0) is 4.74 Å². The molecule has 1 aromatic heterocycles. The first kappa shape index (κ1) is 13.1. The third-order valence-corrected chi connectivity index (χ3v) is 2.64. The summed E-state index contributed by atoms with van der Waals surface area (Å²) in [5, 5.41) is 9.70. The lowest BCUT2D eigenvalue weighted by molar-refractivity contribution is 0.144. The van der Waals surface area contributed by atoms with Crippen LogP contribution in [0.2, 0.25) is 0 Å². The van der Waals surface area contributed by atoms with Crippen LogP contribution in [0.25, 0.3) is 10.9 Å². The summed E-state index contributed by atoms with van der Waals surface area (Å²) in [6, 6.07) is 7.44. The zero-order valence-corrected chi connectivity index (χ0v) is 10.8. The van der Waals surface area contributed by atoms with E-state index in [1.165, 1.54) is 6.20 Å². The third kappa shape index (κ3) is 2.92. The molecule has 0 radical (unpaired) electrons. The number of fused-ring (bicyclic) bond motifs is 1. The Labute approximate surface area is 111 Å². The normalized spacial score (nSPS) is 10.2. The number of aromatic nitrogens is 1. The molecular formula is C14H14N2O3. The van der Waals surface area contributed by atoms with Crippen LogP contribution in [0.15, 0.2) is 24.4 Å². The van der Waals surface area contributed by atoms with Crippen LogP contribution in [0.5, 0.6) is 11.5 Å². The molecule has 98 valence electrons. The zero-order chi connectivity index (χ0) is 13.7. The maximum Gasteiger partial charge on any atom is 0.163 e. The molecule has 0 unspecified atom stereocenters. The fraction of sp³-hybridized carbons (Fsp3) is 0.286. The number of hydrogen-bond donors (Lipinski definition) is 0. The molecule has 0 aliphatic heterocycles. The summed E-state index contributed by atoms with van der Waals surface area (Å²) >= 11 is 0. The zero-order valence-electron chi connectivity index (χ0n) is 10.8. The average Bonchev–Trinajstić information content (AvgIpc) is 2.46. The minimum absolute atomic E-state index is 0.439. The van der Waals surface area contributed by atoms with Crippen molar-refractivity contribution in [2.24, 2.45) is 0 Å². The van der Waals surface area contributed by atoms with E-state index in [1.54, 1.807) is 26.4 Å². The molecule has 0 saturated heterocycles. The van der Waals surface area contributed by atoms with Crippen molar-refractivity contribution < 1.29 is 14.2 Å². The van der Waals surface area contributed by atoms with E-state index in [4.69, 9.17) is 19.5 Å². The van der Waals surface area contributed by atoms with E-state index in [-0.39, 0.29) is 0 Å². The number of rotatable bonds is 5. The van der Waals surface area contributed by atoms with Crippen LogP contribution in [0.3, 0.4) is 0 Å². The van der Waals surface area contributed by atoms with Crippen molar-refractivity contribution in [3.05, 3.63) is 30.0 Å². The summed E-state index contributed by atoms with van der Waals surface area (Å²) in [5.41, 5.74) is 1.27. The summed E-state index contributed by atoms with van der Waals surface area (Å²) < 4.78 is 15.8. The SMILES string of the molecule is COCCOc1cc2ncc(C#N)cc2cc1OC. The second-order valence-electron chi connectivity index (χ2n) is 3.87. The van der Waals surface area contributed by atoms with Crippen LogP contribution in [-0.4, -0.2) is 32.4 Å². The van der Waals surface area contributed by atoms with E-state index >= 15 is 0 Å². The first-order chi connectivity index (χ1) is 9.28. The molecule has 0 N–H and O–H groups in total. The van der Waals surface area contributed by atoms with E-state index in [9.17, 15) is 0 Å². The van der Waals surface area contributed by atoms with Gasteiger partial charge in [-0.25, -0.2) is 0 Å². The number of pyridine rings is 1. The third-order valence-electron chi connectivity index (χ3n) is 2.64. The monoisotopic (exact) mass is 258 g/mol. The van der Waals surface area contributed by atoms with Crippen molar-refractivity contribution in [3.8, 4) is 17.6 Å². The number of nitriles is 1. The fourth-order valence-corrected chi connectivity index (χ4v) is 1.70. The smallest absolute Gasteiger partial charge is 0.163 e.